The molecule has 16 heavy (non-hydrogen) atoms. The van der Waals surface area contributed by atoms with Gasteiger partial charge in [0.2, 0.25) is 0 Å². The van der Waals surface area contributed by atoms with Crippen molar-refractivity contribution < 1.29 is 0 Å². The van der Waals surface area contributed by atoms with E-state index in [1.807, 2.05) is 13.0 Å². The lowest BCUT2D eigenvalue weighted by atomic mass is 10.0. The summed E-state index contributed by atoms with van der Waals surface area (Å²) >= 11 is 3.49. The molecule has 0 heterocycles. The van der Waals surface area contributed by atoms with E-state index < -0.39 is 0 Å². The second kappa shape index (κ2) is 5.13. The Kier molecular flexibility index (Phi) is 3.58. The first-order chi connectivity index (χ1) is 7.79. The normalized spacial score (nSPS) is 10.9. The molecule has 80 valence electrons. The lowest BCUT2D eigenvalue weighted by Gasteiger charge is -2.03. The number of hydrogen-bond donors (Lipinski definition) is 0. The van der Waals surface area contributed by atoms with Gasteiger partial charge in [0, 0.05) is 4.47 Å². The van der Waals surface area contributed by atoms with Crippen LogP contribution >= 0.6 is 15.9 Å². The van der Waals surface area contributed by atoms with Crippen LogP contribution in [0.5, 0.6) is 0 Å². The zero-order valence-corrected chi connectivity index (χ0v) is 10.7. The average molecular weight is 273 g/mol. The molecular weight excluding hydrogens is 260 g/mol. The molecule has 2 rings (SSSR count). The molecule has 1 heteroatoms. The smallest absolute Gasteiger partial charge is 0.0181 e. The van der Waals surface area contributed by atoms with E-state index in [4.69, 9.17) is 0 Å². The highest BCUT2D eigenvalue weighted by Crippen LogP contribution is 2.24. The van der Waals surface area contributed by atoms with E-state index in [0.717, 1.165) is 4.47 Å². The van der Waals surface area contributed by atoms with E-state index in [2.05, 4.69) is 70.5 Å². The molecule has 0 saturated heterocycles. The predicted octanol–water partition coefficient (Wildman–Crippen LogP) is 5.15. The first-order valence-electron chi connectivity index (χ1n) is 5.28. The molecule has 0 aliphatic carbocycles. The van der Waals surface area contributed by atoms with Crippen LogP contribution in [0.15, 0.2) is 59.1 Å². The van der Waals surface area contributed by atoms with Crippen molar-refractivity contribution in [2.24, 2.45) is 0 Å². The molecule has 0 bridgehead atoms. The van der Waals surface area contributed by atoms with Crippen LogP contribution in [0.3, 0.4) is 0 Å². The summed E-state index contributed by atoms with van der Waals surface area (Å²) in [6.45, 7) is 2.03. The second-order valence-corrected chi connectivity index (χ2v) is 4.55. The standard InChI is InChI=1S/C15H13Br/c1-2-5-12-6-3-7-13(10-12)14-8-4-9-15(16)11-14/h2-11H,1H3/b5-2+. The SMILES string of the molecule is C/C=C/c1cccc(-c2cccc(Br)c2)c1. The molecule has 0 nitrogen and oxygen atoms in total. The maximum Gasteiger partial charge on any atom is 0.0181 e. The third-order valence-electron chi connectivity index (χ3n) is 2.40. The minimum Gasteiger partial charge on any atom is -0.0871 e. The van der Waals surface area contributed by atoms with Crippen LogP contribution in [0.4, 0.5) is 0 Å². The molecule has 0 aromatic heterocycles. The van der Waals surface area contributed by atoms with Crippen LogP contribution in [0.1, 0.15) is 12.5 Å². The van der Waals surface area contributed by atoms with Crippen molar-refractivity contribution in [3.63, 3.8) is 0 Å². The lowest BCUT2D eigenvalue weighted by molar-refractivity contribution is 1.57. The Labute approximate surface area is 105 Å². The number of rotatable bonds is 2. The van der Waals surface area contributed by atoms with Crippen molar-refractivity contribution in [1.29, 1.82) is 0 Å². The van der Waals surface area contributed by atoms with Crippen molar-refractivity contribution in [2.75, 3.05) is 0 Å². The van der Waals surface area contributed by atoms with Gasteiger partial charge in [-0.2, -0.15) is 0 Å². The van der Waals surface area contributed by atoms with Gasteiger partial charge in [-0.25, -0.2) is 0 Å². The molecule has 0 aliphatic rings. The van der Waals surface area contributed by atoms with E-state index in [9.17, 15) is 0 Å². The van der Waals surface area contributed by atoms with Crippen LogP contribution in [-0.2, 0) is 0 Å². The number of allylic oxidation sites excluding steroid dienone is 1. The molecule has 0 spiro atoms. The third-order valence-corrected chi connectivity index (χ3v) is 2.90. The van der Waals surface area contributed by atoms with E-state index in [-0.39, 0.29) is 0 Å². The van der Waals surface area contributed by atoms with Crippen LogP contribution in [-0.4, -0.2) is 0 Å². The quantitative estimate of drug-likeness (QED) is 0.709. The average Bonchev–Trinajstić information content (AvgIpc) is 2.30. The molecule has 2 aromatic carbocycles. The minimum absolute atomic E-state index is 1.11. The lowest BCUT2D eigenvalue weighted by Crippen LogP contribution is -1.79. The highest BCUT2D eigenvalue weighted by molar-refractivity contribution is 9.10. The molecule has 0 saturated carbocycles. The van der Waals surface area contributed by atoms with Crippen molar-refractivity contribution in [2.45, 2.75) is 6.92 Å². The summed E-state index contributed by atoms with van der Waals surface area (Å²) in [4.78, 5) is 0. The Balaban J connectivity index is 2.44. The Morgan fingerprint density at radius 1 is 0.938 bits per heavy atom. The van der Waals surface area contributed by atoms with E-state index in [1.54, 1.807) is 0 Å². The summed E-state index contributed by atoms with van der Waals surface area (Å²) in [5, 5.41) is 0. The Bertz CT molecular complexity index is 512. The number of halogens is 1. The fourth-order valence-electron chi connectivity index (χ4n) is 1.68. The highest BCUT2D eigenvalue weighted by atomic mass is 79.9. The Morgan fingerprint density at radius 3 is 2.31 bits per heavy atom. The van der Waals surface area contributed by atoms with Crippen molar-refractivity contribution in [3.8, 4) is 11.1 Å². The van der Waals surface area contributed by atoms with Gasteiger partial charge in [0.1, 0.15) is 0 Å². The highest BCUT2D eigenvalue weighted by Gasteiger charge is 1.98. The largest absolute Gasteiger partial charge is 0.0871 e. The summed E-state index contributed by atoms with van der Waals surface area (Å²) in [5.74, 6) is 0. The maximum atomic E-state index is 3.49. The molecule has 0 N–H and O–H groups in total. The maximum absolute atomic E-state index is 3.49. The number of benzene rings is 2. The monoisotopic (exact) mass is 272 g/mol. The van der Waals surface area contributed by atoms with E-state index in [1.165, 1.54) is 16.7 Å². The zero-order valence-electron chi connectivity index (χ0n) is 9.15. The first-order valence-corrected chi connectivity index (χ1v) is 6.07. The summed E-state index contributed by atoms with van der Waals surface area (Å²) in [6, 6.07) is 16.9. The summed E-state index contributed by atoms with van der Waals surface area (Å²) < 4.78 is 1.11. The Morgan fingerprint density at radius 2 is 1.62 bits per heavy atom. The fraction of sp³-hybridized carbons (Fsp3) is 0.0667. The summed E-state index contributed by atoms with van der Waals surface area (Å²) in [6.07, 6.45) is 4.17. The van der Waals surface area contributed by atoms with Gasteiger partial charge in [-0.15, -0.1) is 0 Å². The van der Waals surface area contributed by atoms with Crippen molar-refractivity contribution in [1.82, 2.24) is 0 Å². The topological polar surface area (TPSA) is 0 Å². The van der Waals surface area contributed by atoms with E-state index in [0.29, 0.717) is 0 Å². The fourth-order valence-corrected chi connectivity index (χ4v) is 2.08. The summed E-state index contributed by atoms with van der Waals surface area (Å²) in [5.41, 5.74) is 3.72. The molecule has 0 fully saturated rings. The molecule has 0 atom stereocenters. The Hall–Kier alpha value is -1.34. The number of hydrogen-bond acceptors (Lipinski definition) is 0. The second-order valence-electron chi connectivity index (χ2n) is 3.64. The van der Waals surface area contributed by atoms with Gasteiger partial charge in [0.05, 0.1) is 0 Å². The zero-order chi connectivity index (χ0) is 11.4. The van der Waals surface area contributed by atoms with Gasteiger partial charge in [0.15, 0.2) is 0 Å². The van der Waals surface area contributed by atoms with Gasteiger partial charge >= 0.3 is 0 Å². The van der Waals surface area contributed by atoms with E-state index >= 15 is 0 Å². The summed E-state index contributed by atoms with van der Waals surface area (Å²) in [7, 11) is 0. The van der Waals surface area contributed by atoms with Crippen LogP contribution in [0, 0.1) is 0 Å². The van der Waals surface area contributed by atoms with Gasteiger partial charge < -0.3 is 0 Å². The molecule has 0 amide bonds. The minimum atomic E-state index is 1.11. The first kappa shape index (κ1) is 11.2. The van der Waals surface area contributed by atoms with Gasteiger partial charge in [0.25, 0.3) is 0 Å². The molecule has 0 unspecified atom stereocenters. The molecule has 0 aliphatic heterocycles. The van der Waals surface area contributed by atoms with Crippen molar-refractivity contribution in [3.05, 3.63) is 64.6 Å². The van der Waals surface area contributed by atoms with Gasteiger partial charge in [-0.05, 0) is 41.8 Å². The molecular formula is C15H13Br. The van der Waals surface area contributed by atoms with Crippen LogP contribution in [0.25, 0.3) is 17.2 Å². The van der Waals surface area contributed by atoms with Crippen LogP contribution < -0.4 is 0 Å². The molecule has 2 aromatic rings. The molecule has 0 radical (unpaired) electrons. The predicted molar refractivity (Wildman–Crippen MR) is 74.3 cm³/mol. The van der Waals surface area contributed by atoms with Crippen LogP contribution in [0.2, 0.25) is 0 Å². The van der Waals surface area contributed by atoms with Gasteiger partial charge in [-0.1, -0.05) is 58.4 Å². The van der Waals surface area contributed by atoms with Gasteiger partial charge in [-0.3, -0.25) is 0 Å². The third kappa shape index (κ3) is 2.61. The van der Waals surface area contributed by atoms with Crippen molar-refractivity contribution >= 4 is 22.0 Å².